The molecule has 2 aromatic heterocycles. The minimum atomic E-state index is -1.04. The first-order chi connectivity index (χ1) is 26.5. The van der Waals surface area contributed by atoms with Gasteiger partial charge in [-0.2, -0.15) is 0 Å². The first-order valence-electron chi connectivity index (χ1n) is 18.4. The molecule has 0 spiro atoms. The van der Waals surface area contributed by atoms with Crippen molar-refractivity contribution >= 4 is 63.9 Å². The molecule has 4 heterocycles. The number of aromatic amines is 1. The third-order valence-corrected chi connectivity index (χ3v) is 11.1. The highest BCUT2D eigenvalue weighted by Gasteiger charge is 2.44. The fourth-order valence-corrected chi connectivity index (χ4v) is 7.81. The van der Waals surface area contributed by atoms with Gasteiger partial charge in [-0.3, -0.25) is 24.0 Å². The van der Waals surface area contributed by atoms with Crippen LogP contribution in [0, 0.1) is 32.0 Å². The van der Waals surface area contributed by atoms with E-state index in [-0.39, 0.29) is 43.8 Å². The average Bonchev–Trinajstić information content (AvgIpc) is 3.90. The predicted octanol–water partition coefficient (Wildman–Crippen LogP) is 5.22. The Kier molecular flexibility index (Phi) is 11.6. The van der Waals surface area contributed by atoms with Crippen molar-refractivity contribution in [1.29, 1.82) is 0 Å². The van der Waals surface area contributed by atoms with Crippen LogP contribution in [0.3, 0.4) is 0 Å². The van der Waals surface area contributed by atoms with Crippen LogP contribution in [0.1, 0.15) is 73.8 Å². The van der Waals surface area contributed by atoms with Crippen LogP contribution in [-0.2, 0) is 30.5 Å². The van der Waals surface area contributed by atoms with E-state index in [1.165, 1.54) is 23.1 Å². The SMILES string of the molecule is Cc1ncsc1-c1ccc(CNC(=O)[C@@H]2C[C@@H](O)CN2C(=O)[C@@H](NC(=O)CCC(=O)Nc2c(C)[nH]c(/C=C3\C(=O)Nc4ccc(F)cc43)c2C)C(C)(C)C)cc1. The van der Waals surface area contributed by atoms with Gasteiger partial charge in [-0.15, -0.1) is 11.3 Å². The lowest BCUT2D eigenvalue weighted by atomic mass is 9.85. The number of nitrogens with one attached hydrogen (secondary N) is 5. The molecule has 294 valence electrons. The van der Waals surface area contributed by atoms with Crippen LogP contribution in [-0.4, -0.2) is 74.2 Å². The van der Waals surface area contributed by atoms with Gasteiger partial charge in [0.1, 0.15) is 17.9 Å². The molecule has 6 N–H and O–H groups in total. The molecule has 4 aromatic rings. The Balaban J connectivity index is 1.05. The molecule has 0 bridgehead atoms. The summed E-state index contributed by atoms with van der Waals surface area (Å²) in [5, 5.41) is 21.8. The molecule has 3 atom stereocenters. The number of thiazole rings is 1. The summed E-state index contributed by atoms with van der Waals surface area (Å²) >= 11 is 1.56. The second kappa shape index (κ2) is 16.2. The maximum absolute atomic E-state index is 14.0. The van der Waals surface area contributed by atoms with E-state index in [1.54, 1.807) is 57.5 Å². The van der Waals surface area contributed by atoms with Crippen LogP contribution in [0.2, 0.25) is 0 Å². The molecule has 0 unspecified atom stereocenters. The number of H-pyrrole nitrogens is 1. The molecular weight excluding hydrogens is 738 g/mol. The summed E-state index contributed by atoms with van der Waals surface area (Å²) in [4.78, 5) is 76.3. The number of nitrogens with zero attached hydrogens (tertiary/aromatic N) is 2. The van der Waals surface area contributed by atoms with E-state index in [9.17, 15) is 33.5 Å². The summed E-state index contributed by atoms with van der Waals surface area (Å²) < 4.78 is 13.9. The summed E-state index contributed by atoms with van der Waals surface area (Å²) in [7, 11) is 0. The number of halogens is 1. The summed E-state index contributed by atoms with van der Waals surface area (Å²) in [5.41, 5.74) is 7.41. The summed E-state index contributed by atoms with van der Waals surface area (Å²) in [6.07, 6.45) is 0.337. The third kappa shape index (κ3) is 8.74. The second-order valence-corrected chi connectivity index (χ2v) is 16.2. The fraction of sp³-hybridized carbons (Fsp3) is 0.366. The minimum Gasteiger partial charge on any atom is -0.391 e. The van der Waals surface area contributed by atoms with Crippen LogP contribution in [0.25, 0.3) is 22.1 Å². The molecule has 2 aliphatic rings. The molecule has 1 saturated heterocycles. The molecule has 5 amide bonds. The van der Waals surface area contributed by atoms with Crippen LogP contribution in [0.4, 0.5) is 15.8 Å². The lowest BCUT2D eigenvalue weighted by Gasteiger charge is -2.35. The van der Waals surface area contributed by atoms with Crippen molar-refractivity contribution in [2.24, 2.45) is 5.41 Å². The zero-order valence-corrected chi connectivity index (χ0v) is 32.9. The molecule has 6 rings (SSSR count). The smallest absolute Gasteiger partial charge is 0.256 e. The van der Waals surface area contributed by atoms with Gasteiger partial charge in [-0.05, 0) is 67.2 Å². The van der Waals surface area contributed by atoms with Crippen LogP contribution in [0.15, 0.2) is 48.0 Å². The average molecular weight is 784 g/mol. The Morgan fingerprint density at radius 1 is 1.07 bits per heavy atom. The standard InChI is InChI=1S/C41H46FN7O6S/c1-21-31(17-29-28-15-26(42)11-12-30(28)46-38(29)53)45-22(2)35(21)47-33(51)13-14-34(52)48-37(41(4,5)6)40(55)49-19-27(50)16-32(49)39(54)43-18-24-7-9-25(10-8-24)36-23(3)44-20-56-36/h7-12,15,17,20,27,32,37,45,50H,13-14,16,18-19H2,1-6H3,(H,43,54)(H,46,53)(H,47,51)(H,48,52)/b29-17-/t27-,32+,37-/m1/s1. The number of amides is 5. The molecule has 0 aliphatic carbocycles. The Hall–Kier alpha value is -5.67. The van der Waals surface area contributed by atoms with Crippen molar-refractivity contribution in [3.05, 3.63) is 87.6 Å². The number of aryl methyl sites for hydroxylation is 2. The van der Waals surface area contributed by atoms with E-state index >= 15 is 0 Å². The second-order valence-electron chi connectivity index (χ2n) is 15.4. The van der Waals surface area contributed by atoms with E-state index in [1.807, 2.05) is 31.2 Å². The normalized spacial score (nSPS) is 17.8. The zero-order valence-electron chi connectivity index (χ0n) is 32.1. The Labute approximate surface area is 328 Å². The monoisotopic (exact) mass is 783 g/mol. The molecule has 13 nitrogen and oxygen atoms in total. The quantitative estimate of drug-likeness (QED) is 0.113. The number of benzene rings is 2. The van der Waals surface area contributed by atoms with Gasteiger partial charge in [0, 0.05) is 55.0 Å². The number of aromatic nitrogens is 2. The van der Waals surface area contributed by atoms with Gasteiger partial charge in [0.05, 0.1) is 33.4 Å². The maximum atomic E-state index is 14.0. The van der Waals surface area contributed by atoms with Crippen LogP contribution < -0.4 is 21.3 Å². The zero-order chi connectivity index (χ0) is 40.5. The van der Waals surface area contributed by atoms with Crippen LogP contribution in [0.5, 0.6) is 0 Å². The van der Waals surface area contributed by atoms with Crippen LogP contribution >= 0.6 is 11.3 Å². The predicted molar refractivity (Wildman–Crippen MR) is 213 cm³/mol. The number of carbonyl (C=O) groups is 5. The first-order valence-corrected chi connectivity index (χ1v) is 19.2. The number of hydrogen-bond acceptors (Lipinski definition) is 8. The van der Waals surface area contributed by atoms with Crippen molar-refractivity contribution in [1.82, 2.24) is 25.5 Å². The lowest BCUT2D eigenvalue weighted by molar-refractivity contribution is -0.144. The lowest BCUT2D eigenvalue weighted by Crippen LogP contribution is -2.57. The number of carbonyl (C=O) groups excluding carboxylic acids is 5. The molecule has 2 aliphatic heterocycles. The van der Waals surface area contributed by atoms with E-state index in [0.717, 1.165) is 21.7 Å². The highest BCUT2D eigenvalue weighted by molar-refractivity contribution is 7.13. The Morgan fingerprint density at radius 3 is 2.46 bits per heavy atom. The van der Waals surface area contributed by atoms with E-state index in [2.05, 4.69) is 31.2 Å². The van der Waals surface area contributed by atoms with Crippen molar-refractivity contribution in [2.75, 3.05) is 17.2 Å². The van der Waals surface area contributed by atoms with E-state index < -0.39 is 53.0 Å². The number of rotatable bonds is 11. The van der Waals surface area contributed by atoms with Crippen molar-refractivity contribution in [3.63, 3.8) is 0 Å². The number of hydrogen-bond donors (Lipinski definition) is 6. The Bertz CT molecular complexity index is 2220. The summed E-state index contributed by atoms with van der Waals surface area (Å²) in [6, 6.07) is 9.86. The van der Waals surface area contributed by atoms with Gasteiger partial charge < -0.3 is 36.3 Å². The molecular formula is C41H46FN7O6S. The fourth-order valence-electron chi connectivity index (χ4n) is 7.00. The van der Waals surface area contributed by atoms with Gasteiger partial charge in [-0.1, -0.05) is 45.0 Å². The molecule has 2 aromatic carbocycles. The molecule has 15 heteroatoms. The van der Waals surface area contributed by atoms with Gasteiger partial charge >= 0.3 is 0 Å². The third-order valence-electron chi connectivity index (χ3n) is 10.1. The number of aliphatic hydroxyl groups is 1. The van der Waals surface area contributed by atoms with Crippen molar-refractivity contribution in [2.45, 2.75) is 85.5 Å². The molecule has 56 heavy (non-hydrogen) atoms. The van der Waals surface area contributed by atoms with E-state index in [0.29, 0.717) is 33.9 Å². The van der Waals surface area contributed by atoms with E-state index in [4.69, 9.17) is 0 Å². The van der Waals surface area contributed by atoms with Crippen molar-refractivity contribution in [3.8, 4) is 10.4 Å². The summed E-state index contributed by atoms with van der Waals surface area (Å²) in [6.45, 7) is 11.0. The Morgan fingerprint density at radius 2 is 1.79 bits per heavy atom. The number of fused-ring (bicyclic) bond motifs is 1. The molecule has 0 saturated carbocycles. The maximum Gasteiger partial charge on any atom is 0.256 e. The topological polar surface area (TPSA) is 186 Å². The largest absolute Gasteiger partial charge is 0.391 e. The number of β-amino-alcohol motifs (C(OH)–C–C–N with tert-alkyl or cyclic N) is 1. The van der Waals surface area contributed by atoms with Crippen molar-refractivity contribution < 1.29 is 33.5 Å². The molecule has 0 radical (unpaired) electrons. The first kappa shape index (κ1) is 40.0. The number of likely N-dealkylation sites (tertiary alicyclic amines) is 1. The highest BCUT2D eigenvalue weighted by Crippen LogP contribution is 2.35. The van der Waals surface area contributed by atoms with Gasteiger partial charge in [0.2, 0.25) is 23.6 Å². The van der Waals surface area contributed by atoms with Gasteiger partial charge in [0.25, 0.3) is 5.91 Å². The van der Waals surface area contributed by atoms with Gasteiger partial charge in [0.15, 0.2) is 0 Å². The highest BCUT2D eigenvalue weighted by atomic mass is 32.1. The van der Waals surface area contributed by atoms with Gasteiger partial charge in [-0.25, -0.2) is 9.37 Å². The molecule has 1 fully saturated rings. The minimum absolute atomic E-state index is 0.0575. The number of anilines is 2. The number of aliphatic hydroxyl groups excluding tert-OH is 1. The summed E-state index contributed by atoms with van der Waals surface area (Å²) in [5.74, 6) is -2.73.